The largest absolute Gasteiger partial charge is 0.346 e. The van der Waals surface area contributed by atoms with Crippen molar-refractivity contribution < 1.29 is 13.6 Å². The number of hydrogen-bond donors (Lipinski definition) is 1. The van der Waals surface area contributed by atoms with Crippen LogP contribution in [0.2, 0.25) is 0 Å². The first-order chi connectivity index (χ1) is 11.4. The maximum absolute atomic E-state index is 13.6. The summed E-state index contributed by atoms with van der Waals surface area (Å²) < 4.78 is 28.4. The van der Waals surface area contributed by atoms with Crippen molar-refractivity contribution in [2.45, 2.75) is 25.4 Å². The quantitative estimate of drug-likeness (QED) is 0.936. The molecule has 1 aliphatic rings. The van der Waals surface area contributed by atoms with Gasteiger partial charge in [0.2, 0.25) is 0 Å². The molecular weight excluding hydrogens is 314 g/mol. The molecule has 7 heteroatoms. The first kappa shape index (κ1) is 16.6. The minimum Gasteiger partial charge on any atom is -0.346 e. The summed E-state index contributed by atoms with van der Waals surface area (Å²) in [5.74, 6) is -2.01. The van der Waals surface area contributed by atoms with E-state index in [4.69, 9.17) is 0 Å². The molecule has 2 aromatic rings. The fourth-order valence-electron chi connectivity index (χ4n) is 3.20. The van der Waals surface area contributed by atoms with E-state index in [1.54, 1.807) is 23.9 Å². The molecule has 1 saturated heterocycles. The third kappa shape index (κ3) is 3.03. The smallest absolute Gasteiger partial charge is 0.272 e. The number of likely N-dealkylation sites (tertiary alicyclic amines) is 1. The molecule has 128 valence electrons. The van der Waals surface area contributed by atoms with E-state index in [-0.39, 0.29) is 18.0 Å². The SMILES string of the molecule is Cc1cc(C(=O)N[C@@H]2CCN(C)[C@H]2c2ccc(F)c(F)c2)nn1C. The van der Waals surface area contributed by atoms with E-state index in [1.165, 1.54) is 6.07 Å². The molecule has 1 aromatic heterocycles. The van der Waals surface area contributed by atoms with Crippen LogP contribution in [-0.2, 0) is 7.05 Å². The number of carbonyl (C=O) groups excluding carboxylic acids is 1. The molecule has 1 aliphatic heterocycles. The standard InChI is InChI=1S/C17H20F2N4O/c1-10-8-15(21-23(10)3)17(24)20-14-6-7-22(2)16(14)11-4-5-12(18)13(19)9-11/h4-5,8-9,14,16H,6-7H2,1-3H3,(H,20,24)/t14-,16+/m1/s1. The Bertz CT molecular complexity index is 754. The number of amides is 1. The van der Waals surface area contributed by atoms with Crippen molar-refractivity contribution in [3.63, 3.8) is 0 Å². The van der Waals surface area contributed by atoms with Gasteiger partial charge in [0, 0.05) is 19.3 Å². The zero-order chi connectivity index (χ0) is 17.4. The van der Waals surface area contributed by atoms with Crippen molar-refractivity contribution in [3.8, 4) is 0 Å². The normalized spacial score (nSPS) is 21.2. The van der Waals surface area contributed by atoms with Crippen LogP contribution in [0.25, 0.3) is 0 Å². The van der Waals surface area contributed by atoms with Crippen molar-refractivity contribution in [1.29, 1.82) is 0 Å². The van der Waals surface area contributed by atoms with Gasteiger partial charge in [-0.1, -0.05) is 6.07 Å². The first-order valence-electron chi connectivity index (χ1n) is 7.83. The molecule has 0 unspecified atom stereocenters. The average Bonchev–Trinajstić information content (AvgIpc) is 3.06. The molecule has 0 aliphatic carbocycles. The minimum atomic E-state index is -0.877. The van der Waals surface area contributed by atoms with Gasteiger partial charge in [-0.3, -0.25) is 14.4 Å². The van der Waals surface area contributed by atoms with Crippen LogP contribution in [0.4, 0.5) is 8.78 Å². The molecule has 1 aromatic carbocycles. The summed E-state index contributed by atoms with van der Waals surface area (Å²) in [7, 11) is 3.68. The maximum atomic E-state index is 13.6. The molecule has 1 fully saturated rings. The molecule has 0 bridgehead atoms. The van der Waals surface area contributed by atoms with Crippen LogP contribution in [0.15, 0.2) is 24.3 Å². The summed E-state index contributed by atoms with van der Waals surface area (Å²) in [4.78, 5) is 14.5. The summed E-state index contributed by atoms with van der Waals surface area (Å²) in [5, 5.41) is 7.15. The minimum absolute atomic E-state index is 0.185. The van der Waals surface area contributed by atoms with Crippen molar-refractivity contribution in [2.75, 3.05) is 13.6 Å². The van der Waals surface area contributed by atoms with Crippen LogP contribution >= 0.6 is 0 Å². The highest BCUT2D eigenvalue weighted by atomic mass is 19.2. The third-order valence-electron chi connectivity index (χ3n) is 4.60. The van der Waals surface area contributed by atoms with Crippen molar-refractivity contribution in [1.82, 2.24) is 20.0 Å². The summed E-state index contributed by atoms with van der Waals surface area (Å²) in [6.07, 6.45) is 0.734. The average molecular weight is 334 g/mol. The van der Waals surface area contributed by atoms with Crippen LogP contribution in [-0.4, -0.2) is 40.2 Å². The summed E-state index contributed by atoms with van der Waals surface area (Å²) in [6.45, 7) is 2.63. The lowest BCUT2D eigenvalue weighted by Crippen LogP contribution is -2.39. The van der Waals surface area contributed by atoms with E-state index in [9.17, 15) is 13.6 Å². The van der Waals surface area contributed by atoms with E-state index < -0.39 is 11.6 Å². The van der Waals surface area contributed by atoms with Crippen LogP contribution in [0.3, 0.4) is 0 Å². The van der Waals surface area contributed by atoms with Gasteiger partial charge in [0.15, 0.2) is 11.6 Å². The zero-order valence-corrected chi connectivity index (χ0v) is 13.9. The Morgan fingerprint density at radius 3 is 2.62 bits per heavy atom. The molecule has 5 nitrogen and oxygen atoms in total. The number of nitrogens with one attached hydrogen (secondary N) is 1. The Morgan fingerprint density at radius 1 is 1.25 bits per heavy atom. The van der Waals surface area contributed by atoms with Crippen LogP contribution in [0.1, 0.15) is 34.2 Å². The highest BCUT2D eigenvalue weighted by Gasteiger charge is 2.35. The second-order valence-corrected chi connectivity index (χ2v) is 6.26. The molecule has 1 N–H and O–H groups in total. The number of aromatic nitrogens is 2. The van der Waals surface area contributed by atoms with Gasteiger partial charge in [0.05, 0.1) is 12.1 Å². The predicted octanol–water partition coefficient (Wildman–Crippen LogP) is 2.18. The summed E-state index contributed by atoms with van der Waals surface area (Å²) in [5.41, 5.74) is 1.89. The van der Waals surface area contributed by atoms with Gasteiger partial charge in [-0.25, -0.2) is 8.78 Å². The molecule has 2 heterocycles. The Hall–Kier alpha value is -2.28. The predicted molar refractivity (Wildman–Crippen MR) is 85.5 cm³/mol. The van der Waals surface area contributed by atoms with Crippen LogP contribution < -0.4 is 5.32 Å². The Kier molecular flexibility index (Phi) is 4.36. The van der Waals surface area contributed by atoms with Gasteiger partial charge >= 0.3 is 0 Å². The Balaban J connectivity index is 1.81. The van der Waals surface area contributed by atoms with Crippen LogP contribution in [0.5, 0.6) is 0 Å². The number of carbonyl (C=O) groups is 1. The third-order valence-corrected chi connectivity index (χ3v) is 4.60. The number of aryl methyl sites for hydroxylation is 2. The molecule has 0 radical (unpaired) electrons. The zero-order valence-electron chi connectivity index (χ0n) is 13.9. The van der Waals surface area contributed by atoms with Gasteiger partial charge in [0.25, 0.3) is 5.91 Å². The number of hydrogen-bond acceptors (Lipinski definition) is 3. The summed E-state index contributed by atoms with van der Waals surface area (Å²) in [6, 6.07) is 5.22. The lowest BCUT2D eigenvalue weighted by Gasteiger charge is -2.26. The Morgan fingerprint density at radius 2 is 2.00 bits per heavy atom. The lowest BCUT2D eigenvalue weighted by atomic mass is 9.99. The number of rotatable bonds is 3. The number of benzene rings is 1. The van der Waals surface area contributed by atoms with Crippen molar-refractivity contribution in [3.05, 3.63) is 52.9 Å². The molecular formula is C17H20F2N4O. The number of nitrogens with zero attached hydrogens (tertiary/aromatic N) is 3. The van der Waals surface area contributed by atoms with Gasteiger partial charge in [0.1, 0.15) is 5.69 Å². The molecule has 0 spiro atoms. The second kappa shape index (κ2) is 6.32. The molecule has 3 rings (SSSR count). The Labute approximate surface area is 139 Å². The molecule has 24 heavy (non-hydrogen) atoms. The van der Waals surface area contributed by atoms with Crippen LogP contribution in [0, 0.1) is 18.6 Å². The molecule has 0 saturated carbocycles. The van der Waals surface area contributed by atoms with Gasteiger partial charge in [-0.05, 0) is 44.2 Å². The van der Waals surface area contributed by atoms with Crippen molar-refractivity contribution >= 4 is 5.91 Å². The number of likely N-dealkylation sites (N-methyl/N-ethyl adjacent to an activating group) is 1. The lowest BCUT2D eigenvalue weighted by molar-refractivity contribution is 0.0922. The van der Waals surface area contributed by atoms with E-state index >= 15 is 0 Å². The maximum Gasteiger partial charge on any atom is 0.272 e. The highest BCUT2D eigenvalue weighted by molar-refractivity contribution is 5.92. The van der Waals surface area contributed by atoms with Gasteiger partial charge in [-0.2, -0.15) is 5.10 Å². The van der Waals surface area contributed by atoms with E-state index in [0.717, 1.165) is 24.7 Å². The first-order valence-corrected chi connectivity index (χ1v) is 7.83. The monoisotopic (exact) mass is 334 g/mol. The van der Waals surface area contributed by atoms with Crippen molar-refractivity contribution in [2.24, 2.45) is 7.05 Å². The van der Waals surface area contributed by atoms with E-state index in [2.05, 4.69) is 10.4 Å². The molecule has 1 amide bonds. The number of halogens is 2. The topological polar surface area (TPSA) is 50.2 Å². The molecule has 2 atom stereocenters. The second-order valence-electron chi connectivity index (χ2n) is 6.26. The summed E-state index contributed by atoms with van der Waals surface area (Å²) >= 11 is 0. The van der Waals surface area contributed by atoms with Gasteiger partial charge < -0.3 is 5.32 Å². The van der Waals surface area contributed by atoms with Gasteiger partial charge in [-0.15, -0.1) is 0 Å². The fraction of sp³-hybridized carbons (Fsp3) is 0.412. The fourth-order valence-corrected chi connectivity index (χ4v) is 3.20. The van der Waals surface area contributed by atoms with E-state index in [1.807, 2.05) is 18.9 Å². The van der Waals surface area contributed by atoms with E-state index in [0.29, 0.717) is 11.3 Å². The highest BCUT2D eigenvalue weighted by Crippen LogP contribution is 2.31.